The van der Waals surface area contributed by atoms with Crippen molar-refractivity contribution >= 4 is 93.3 Å². The number of hydrogen-bond acceptors (Lipinski definition) is 5. The minimum atomic E-state index is 0.607. The van der Waals surface area contributed by atoms with Crippen LogP contribution in [0.15, 0.2) is 197 Å². The Hall–Kier alpha value is -8.64. The molecule has 0 aliphatic heterocycles. The molecule has 5 nitrogen and oxygen atoms in total. The second-order valence-corrected chi connectivity index (χ2v) is 15.5. The fraction of sp³-hybridized carbons (Fsp3) is 0. The fourth-order valence-electron chi connectivity index (χ4n) is 9.14. The van der Waals surface area contributed by atoms with Crippen molar-refractivity contribution in [2.45, 2.75) is 0 Å². The van der Waals surface area contributed by atoms with E-state index in [4.69, 9.17) is 8.83 Å². The molecule has 0 radical (unpaired) electrons. The molecule has 2 aromatic heterocycles. The number of rotatable bonds is 5. The molecule has 0 spiro atoms. The van der Waals surface area contributed by atoms with Crippen molar-refractivity contribution in [3.8, 4) is 34.4 Å². The van der Waals surface area contributed by atoms with E-state index >= 15 is 0 Å². The van der Waals surface area contributed by atoms with Gasteiger partial charge < -0.3 is 13.7 Å². The SMILES string of the molecule is N#Cc1ccc2oc3ccc(-c4ccc(N(c5ccc(-c6ccc7oc8ccc(C#N)cc8c7c6)cc5)c5ccc6c7ccccc7c7ccccc7c6c5)cc4)cc3c2c1. The lowest BCUT2D eigenvalue weighted by Gasteiger charge is -2.26. The van der Waals surface area contributed by atoms with Crippen LogP contribution in [0.1, 0.15) is 11.1 Å². The van der Waals surface area contributed by atoms with Gasteiger partial charge in [-0.25, -0.2) is 0 Å². The van der Waals surface area contributed by atoms with Gasteiger partial charge in [0.2, 0.25) is 0 Å². The lowest BCUT2D eigenvalue weighted by atomic mass is 9.94. The Kier molecular flexibility index (Phi) is 7.59. The van der Waals surface area contributed by atoms with Gasteiger partial charge in [-0.3, -0.25) is 0 Å². The van der Waals surface area contributed by atoms with Crippen molar-refractivity contribution in [3.05, 3.63) is 199 Å². The minimum absolute atomic E-state index is 0.607. The second-order valence-electron chi connectivity index (χ2n) is 15.5. The molecule has 5 heteroatoms. The Labute approximate surface area is 349 Å². The first-order valence-electron chi connectivity index (χ1n) is 20.2. The maximum absolute atomic E-state index is 9.56. The van der Waals surface area contributed by atoms with E-state index in [0.29, 0.717) is 11.1 Å². The molecule has 0 N–H and O–H groups in total. The van der Waals surface area contributed by atoms with Crippen LogP contribution in [0.3, 0.4) is 0 Å². The lowest BCUT2D eigenvalue weighted by Crippen LogP contribution is -2.10. The van der Waals surface area contributed by atoms with Crippen LogP contribution in [0, 0.1) is 22.7 Å². The molecule has 2 heterocycles. The zero-order valence-electron chi connectivity index (χ0n) is 32.6. The molecule has 0 saturated heterocycles. The van der Waals surface area contributed by atoms with Crippen LogP contribution in [0.2, 0.25) is 0 Å². The van der Waals surface area contributed by atoms with Crippen LogP contribution in [0.4, 0.5) is 17.1 Å². The highest BCUT2D eigenvalue weighted by atomic mass is 16.3. The third-order valence-electron chi connectivity index (χ3n) is 12.1. The first-order valence-corrected chi connectivity index (χ1v) is 20.2. The number of hydrogen-bond donors (Lipinski definition) is 0. The van der Waals surface area contributed by atoms with Crippen molar-refractivity contribution in [2.75, 3.05) is 4.90 Å². The zero-order valence-corrected chi connectivity index (χ0v) is 32.6. The van der Waals surface area contributed by atoms with E-state index < -0.39 is 0 Å². The number of nitrogens with zero attached hydrogens (tertiary/aromatic N) is 3. The van der Waals surface area contributed by atoms with Gasteiger partial charge >= 0.3 is 0 Å². The normalized spacial score (nSPS) is 11.6. The molecule has 0 fully saturated rings. The monoisotopic (exact) mass is 777 g/mol. The van der Waals surface area contributed by atoms with Gasteiger partial charge in [0.15, 0.2) is 0 Å². The van der Waals surface area contributed by atoms with Gasteiger partial charge in [-0.2, -0.15) is 10.5 Å². The van der Waals surface area contributed by atoms with Crippen LogP contribution < -0.4 is 4.90 Å². The first kappa shape index (κ1) is 34.4. The van der Waals surface area contributed by atoms with E-state index in [1.54, 1.807) is 12.1 Å². The molecule has 0 amide bonds. The highest BCUT2D eigenvalue weighted by Crippen LogP contribution is 2.43. The summed E-state index contributed by atoms with van der Waals surface area (Å²) in [4.78, 5) is 2.32. The maximum atomic E-state index is 9.56. The Bertz CT molecular complexity index is 3630. The molecule has 0 bridgehead atoms. The van der Waals surface area contributed by atoms with Crippen molar-refractivity contribution in [3.63, 3.8) is 0 Å². The molecule has 0 saturated carbocycles. The molecule has 12 rings (SSSR count). The summed E-state index contributed by atoms with van der Waals surface area (Å²) in [6.07, 6.45) is 0. The van der Waals surface area contributed by atoms with E-state index in [0.717, 1.165) is 83.2 Å². The molecule has 61 heavy (non-hydrogen) atoms. The summed E-state index contributed by atoms with van der Waals surface area (Å²) in [5.41, 5.74) is 11.7. The number of anilines is 3. The fourth-order valence-corrected chi connectivity index (χ4v) is 9.14. The third kappa shape index (κ3) is 5.53. The molecular weight excluding hydrogens is 747 g/mol. The lowest BCUT2D eigenvalue weighted by molar-refractivity contribution is 0.668. The van der Waals surface area contributed by atoms with Gasteiger partial charge in [0.05, 0.1) is 23.3 Å². The van der Waals surface area contributed by atoms with Crippen LogP contribution in [0.5, 0.6) is 0 Å². The van der Waals surface area contributed by atoms with Gasteiger partial charge in [-0.05, 0) is 152 Å². The number of furan rings is 2. The minimum Gasteiger partial charge on any atom is -0.456 e. The van der Waals surface area contributed by atoms with E-state index in [1.807, 2.05) is 36.4 Å². The predicted molar refractivity (Wildman–Crippen MR) is 249 cm³/mol. The Morgan fingerprint density at radius 3 is 1.10 bits per heavy atom. The van der Waals surface area contributed by atoms with E-state index in [2.05, 4.69) is 157 Å². The third-order valence-corrected chi connectivity index (χ3v) is 12.1. The topological polar surface area (TPSA) is 77.1 Å². The number of fused-ring (bicyclic) bond motifs is 12. The number of nitriles is 2. The Morgan fingerprint density at radius 1 is 0.295 bits per heavy atom. The first-order chi connectivity index (χ1) is 30.1. The standard InChI is InChI=1S/C56H31N3O2/c57-32-34-9-23-53-49(27-34)51-29-38(15-25-55(51)60-53)36-11-17-40(18-12-36)59(42-21-22-47-45-7-2-1-5-43(45)44-6-3-4-8-46(44)48(47)31-42)41-19-13-37(14-20-41)39-16-26-56-52(30-39)50-28-35(33-58)10-24-54(50)61-56/h1-31H. The zero-order chi connectivity index (χ0) is 40.6. The van der Waals surface area contributed by atoms with Crippen molar-refractivity contribution < 1.29 is 8.83 Å². The van der Waals surface area contributed by atoms with Crippen LogP contribution in [-0.2, 0) is 0 Å². The average molecular weight is 778 g/mol. The van der Waals surface area contributed by atoms with E-state index in [9.17, 15) is 10.5 Å². The summed E-state index contributed by atoms with van der Waals surface area (Å²) in [7, 11) is 0. The predicted octanol–water partition coefficient (Wildman–Crippen LogP) is 15.5. The molecule has 0 atom stereocenters. The summed E-state index contributed by atoms with van der Waals surface area (Å²) in [6, 6.07) is 69.7. The highest BCUT2D eigenvalue weighted by molar-refractivity contribution is 6.26. The van der Waals surface area contributed by atoms with Gasteiger partial charge in [0, 0.05) is 38.6 Å². The molecule has 282 valence electrons. The summed E-state index contributed by atoms with van der Waals surface area (Å²) in [6.45, 7) is 0. The highest BCUT2D eigenvalue weighted by Gasteiger charge is 2.18. The quantitative estimate of drug-likeness (QED) is 0.163. The summed E-state index contributed by atoms with van der Waals surface area (Å²) in [5.74, 6) is 0. The smallest absolute Gasteiger partial charge is 0.135 e. The summed E-state index contributed by atoms with van der Waals surface area (Å²) < 4.78 is 12.2. The Morgan fingerprint density at radius 2 is 0.656 bits per heavy atom. The largest absolute Gasteiger partial charge is 0.456 e. The molecular formula is C56H31N3O2. The van der Waals surface area contributed by atoms with Crippen molar-refractivity contribution in [1.82, 2.24) is 0 Å². The van der Waals surface area contributed by atoms with E-state index in [-0.39, 0.29) is 0 Å². The van der Waals surface area contributed by atoms with Gasteiger partial charge in [0.25, 0.3) is 0 Å². The molecule has 0 aliphatic carbocycles. The van der Waals surface area contributed by atoms with Gasteiger partial charge in [-0.15, -0.1) is 0 Å². The number of benzene rings is 10. The van der Waals surface area contributed by atoms with Crippen LogP contribution in [0.25, 0.3) is 98.4 Å². The van der Waals surface area contributed by atoms with Gasteiger partial charge in [0.1, 0.15) is 22.3 Å². The maximum Gasteiger partial charge on any atom is 0.135 e. The van der Waals surface area contributed by atoms with E-state index in [1.165, 1.54) is 32.3 Å². The summed E-state index contributed by atoms with van der Waals surface area (Å²) in [5, 5.41) is 30.3. The molecule has 0 unspecified atom stereocenters. The van der Waals surface area contributed by atoms with Gasteiger partial charge in [-0.1, -0.05) is 91.0 Å². The summed E-state index contributed by atoms with van der Waals surface area (Å²) >= 11 is 0. The Balaban J connectivity index is 0.986. The van der Waals surface area contributed by atoms with Crippen molar-refractivity contribution in [1.29, 1.82) is 10.5 Å². The average Bonchev–Trinajstić information content (AvgIpc) is 3.89. The molecule has 10 aromatic carbocycles. The van der Waals surface area contributed by atoms with Crippen molar-refractivity contribution in [2.24, 2.45) is 0 Å². The van der Waals surface area contributed by atoms with Crippen LogP contribution in [-0.4, -0.2) is 0 Å². The second kappa shape index (κ2) is 13.5. The molecule has 12 aromatic rings. The molecule has 0 aliphatic rings. The van der Waals surface area contributed by atoms with Crippen LogP contribution >= 0.6 is 0 Å².